The predicted molar refractivity (Wildman–Crippen MR) is 148 cm³/mol. The van der Waals surface area contributed by atoms with Gasteiger partial charge in [-0.15, -0.1) is 0 Å². The molecule has 1 unspecified atom stereocenters. The van der Waals surface area contributed by atoms with E-state index in [2.05, 4.69) is 6.92 Å². The van der Waals surface area contributed by atoms with Gasteiger partial charge in [-0.05, 0) is 67.3 Å². The van der Waals surface area contributed by atoms with Gasteiger partial charge in [0.15, 0.2) is 0 Å². The third-order valence-corrected chi connectivity index (χ3v) is 6.65. The third-order valence-electron chi connectivity index (χ3n) is 6.65. The van der Waals surface area contributed by atoms with Gasteiger partial charge < -0.3 is 19.5 Å². The summed E-state index contributed by atoms with van der Waals surface area (Å²) in [4.78, 5) is 28.2. The van der Waals surface area contributed by atoms with Crippen molar-refractivity contribution in [3.05, 3.63) is 101 Å². The van der Waals surface area contributed by atoms with Gasteiger partial charge in [-0.3, -0.25) is 9.59 Å². The number of unbranched alkanes of at least 4 members (excludes halogenated alkanes) is 2. The highest BCUT2D eigenvalue weighted by molar-refractivity contribution is 6.46. The zero-order chi connectivity index (χ0) is 26.9. The molecule has 0 spiro atoms. The minimum atomic E-state index is -0.732. The number of ether oxygens (including phenoxy) is 2. The first-order valence-electron chi connectivity index (χ1n) is 13.3. The standard InChI is InChI=1S/C32H35NO5/c1-3-5-9-21-38-27-14-10-13-25(22-27)29-28(30(34)24-15-17-26(18-16-24)37-4-2)31(35)32(36)33(29)20-19-23-11-7-6-8-12-23/h6-8,10-18,22,29,34H,3-5,9,19-21H2,1-2H3. The first-order chi connectivity index (χ1) is 18.5. The number of carbonyl (C=O) groups excluding carboxylic acids is 2. The van der Waals surface area contributed by atoms with Crippen molar-refractivity contribution < 1.29 is 24.2 Å². The molecule has 1 amide bonds. The topological polar surface area (TPSA) is 76.1 Å². The van der Waals surface area contributed by atoms with E-state index in [1.165, 1.54) is 0 Å². The van der Waals surface area contributed by atoms with Gasteiger partial charge in [0.1, 0.15) is 17.3 Å². The second-order valence-electron chi connectivity index (χ2n) is 9.31. The van der Waals surface area contributed by atoms with Gasteiger partial charge >= 0.3 is 0 Å². The predicted octanol–water partition coefficient (Wildman–Crippen LogP) is 6.32. The van der Waals surface area contributed by atoms with Crippen molar-refractivity contribution in [1.82, 2.24) is 4.90 Å². The summed E-state index contributed by atoms with van der Waals surface area (Å²) < 4.78 is 11.5. The lowest BCUT2D eigenvalue weighted by molar-refractivity contribution is -0.139. The monoisotopic (exact) mass is 513 g/mol. The van der Waals surface area contributed by atoms with Crippen LogP contribution < -0.4 is 9.47 Å². The van der Waals surface area contributed by atoms with E-state index in [0.717, 1.165) is 30.4 Å². The number of nitrogens with zero attached hydrogens (tertiary/aromatic N) is 1. The van der Waals surface area contributed by atoms with E-state index < -0.39 is 17.7 Å². The minimum absolute atomic E-state index is 0.0790. The van der Waals surface area contributed by atoms with E-state index in [9.17, 15) is 14.7 Å². The summed E-state index contributed by atoms with van der Waals surface area (Å²) in [6.07, 6.45) is 3.72. The Labute approximate surface area is 224 Å². The van der Waals surface area contributed by atoms with E-state index in [0.29, 0.717) is 43.2 Å². The van der Waals surface area contributed by atoms with Crippen LogP contribution in [0.4, 0.5) is 0 Å². The Morgan fingerprint density at radius 2 is 1.63 bits per heavy atom. The maximum absolute atomic E-state index is 13.4. The number of likely N-dealkylation sites (tertiary alicyclic amines) is 1. The van der Waals surface area contributed by atoms with Gasteiger partial charge in [0.2, 0.25) is 0 Å². The number of Topliss-reactive ketones (excluding diaryl/α,β-unsaturated/α-hetero) is 1. The summed E-state index contributed by atoms with van der Waals surface area (Å²) in [5.41, 5.74) is 2.31. The molecule has 1 fully saturated rings. The highest BCUT2D eigenvalue weighted by atomic mass is 16.5. The van der Waals surface area contributed by atoms with Gasteiger partial charge in [-0.25, -0.2) is 0 Å². The van der Waals surface area contributed by atoms with Crippen molar-refractivity contribution >= 4 is 17.4 Å². The molecule has 0 aromatic heterocycles. The molecular weight excluding hydrogens is 478 g/mol. The Morgan fingerprint density at radius 3 is 2.34 bits per heavy atom. The van der Waals surface area contributed by atoms with Gasteiger partial charge in [-0.2, -0.15) is 0 Å². The lowest BCUT2D eigenvalue weighted by Gasteiger charge is -2.26. The maximum Gasteiger partial charge on any atom is 0.295 e. The SMILES string of the molecule is CCCCCOc1cccc(C2C(=C(O)c3ccc(OCC)cc3)C(=O)C(=O)N2CCc2ccccc2)c1. The van der Waals surface area contributed by atoms with Crippen LogP contribution >= 0.6 is 0 Å². The molecular formula is C32H35NO5. The van der Waals surface area contributed by atoms with Crippen LogP contribution in [0.1, 0.15) is 55.8 Å². The fraction of sp³-hybridized carbons (Fsp3) is 0.312. The number of rotatable bonds is 12. The Bertz CT molecular complexity index is 1270. The normalized spacial score (nSPS) is 16.6. The lowest BCUT2D eigenvalue weighted by Crippen LogP contribution is -2.31. The van der Waals surface area contributed by atoms with Crippen molar-refractivity contribution in [2.75, 3.05) is 19.8 Å². The van der Waals surface area contributed by atoms with Gasteiger partial charge in [0.25, 0.3) is 11.7 Å². The number of ketones is 1. The quantitative estimate of drug-likeness (QED) is 0.133. The van der Waals surface area contributed by atoms with Crippen molar-refractivity contribution in [2.24, 2.45) is 0 Å². The van der Waals surface area contributed by atoms with Gasteiger partial charge in [0, 0.05) is 12.1 Å². The molecule has 38 heavy (non-hydrogen) atoms. The molecule has 1 saturated heterocycles. The molecule has 0 aliphatic carbocycles. The van der Waals surface area contributed by atoms with Crippen molar-refractivity contribution in [3.63, 3.8) is 0 Å². The van der Waals surface area contributed by atoms with Crippen LogP contribution in [0.2, 0.25) is 0 Å². The molecule has 3 aromatic rings. The number of hydrogen-bond donors (Lipinski definition) is 1. The highest BCUT2D eigenvalue weighted by Gasteiger charge is 2.46. The summed E-state index contributed by atoms with van der Waals surface area (Å²) in [7, 11) is 0. The van der Waals surface area contributed by atoms with Crippen molar-refractivity contribution in [2.45, 2.75) is 45.6 Å². The van der Waals surface area contributed by atoms with Crippen LogP contribution in [0.3, 0.4) is 0 Å². The zero-order valence-electron chi connectivity index (χ0n) is 22.1. The summed E-state index contributed by atoms with van der Waals surface area (Å²) in [6, 6.07) is 23.4. The Kier molecular flexibility index (Phi) is 9.20. The number of hydrogen-bond acceptors (Lipinski definition) is 5. The van der Waals surface area contributed by atoms with Crippen LogP contribution in [0.15, 0.2) is 84.4 Å². The van der Waals surface area contributed by atoms with Crippen LogP contribution in [-0.2, 0) is 16.0 Å². The second-order valence-corrected chi connectivity index (χ2v) is 9.31. The second kappa shape index (κ2) is 13.0. The zero-order valence-corrected chi connectivity index (χ0v) is 22.1. The molecule has 1 N–H and O–H groups in total. The lowest BCUT2D eigenvalue weighted by atomic mass is 9.95. The molecule has 6 heteroatoms. The maximum atomic E-state index is 13.4. The van der Waals surface area contributed by atoms with Crippen LogP contribution in [0.5, 0.6) is 11.5 Å². The number of benzene rings is 3. The molecule has 1 heterocycles. The van der Waals surface area contributed by atoms with E-state index in [1.807, 2.05) is 61.5 Å². The molecule has 0 radical (unpaired) electrons. The summed E-state index contributed by atoms with van der Waals surface area (Å²) in [5, 5.41) is 11.3. The number of aliphatic hydroxyl groups is 1. The van der Waals surface area contributed by atoms with E-state index in [-0.39, 0.29) is 11.3 Å². The molecule has 0 bridgehead atoms. The minimum Gasteiger partial charge on any atom is -0.507 e. The molecule has 198 valence electrons. The van der Waals surface area contributed by atoms with E-state index in [1.54, 1.807) is 29.2 Å². The van der Waals surface area contributed by atoms with Crippen molar-refractivity contribution in [3.8, 4) is 11.5 Å². The number of aliphatic hydroxyl groups excluding tert-OH is 1. The molecule has 1 aliphatic heterocycles. The summed E-state index contributed by atoms with van der Waals surface area (Å²) >= 11 is 0. The Hall–Kier alpha value is -4.06. The van der Waals surface area contributed by atoms with E-state index in [4.69, 9.17) is 9.47 Å². The van der Waals surface area contributed by atoms with Crippen molar-refractivity contribution in [1.29, 1.82) is 0 Å². The van der Waals surface area contributed by atoms with Gasteiger partial charge in [0.05, 0.1) is 24.8 Å². The molecule has 3 aromatic carbocycles. The molecule has 1 aliphatic rings. The fourth-order valence-corrected chi connectivity index (χ4v) is 4.70. The Balaban J connectivity index is 1.71. The number of amides is 1. The Morgan fingerprint density at radius 1 is 0.868 bits per heavy atom. The largest absolute Gasteiger partial charge is 0.507 e. The van der Waals surface area contributed by atoms with E-state index >= 15 is 0 Å². The first-order valence-corrected chi connectivity index (χ1v) is 13.3. The average Bonchev–Trinajstić information content (AvgIpc) is 3.20. The van der Waals surface area contributed by atoms with Crippen LogP contribution in [0, 0.1) is 0 Å². The third kappa shape index (κ3) is 6.25. The smallest absolute Gasteiger partial charge is 0.295 e. The highest BCUT2D eigenvalue weighted by Crippen LogP contribution is 2.40. The summed E-state index contributed by atoms with van der Waals surface area (Å²) in [6.45, 7) is 5.49. The van der Waals surface area contributed by atoms with Crippen LogP contribution in [-0.4, -0.2) is 41.5 Å². The molecule has 6 nitrogen and oxygen atoms in total. The number of carbonyl (C=O) groups is 2. The van der Waals surface area contributed by atoms with Gasteiger partial charge in [-0.1, -0.05) is 62.2 Å². The summed E-state index contributed by atoms with van der Waals surface area (Å²) in [5.74, 6) is -0.172. The van der Waals surface area contributed by atoms with Crippen LogP contribution in [0.25, 0.3) is 5.76 Å². The molecule has 4 rings (SSSR count). The molecule has 0 saturated carbocycles. The molecule has 1 atom stereocenters. The average molecular weight is 514 g/mol. The fourth-order valence-electron chi connectivity index (χ4n) is 4.70. The first kappa shape index (κ1) is 27.0.